The molecule has 1 aliphatic heterocycles. The van der Waals surface area contributed by atoms with Crippen LogP contribution in [0, 0.1) is 12.3 Å². The molecule has 3 aromatic carbocycles. The van der Waals surface area contributed by atoms with Gasteiger partial charge in [0, 0.05) is 16.3 Å². The molecular formula is C25H21ClN4O5S2. The average molecular weight is 557 g/mol. The summed E-state index contributed by atoms with van der Waals surface area (Å²) in [6.07, 6.45) is 1.57. The Morgan fingerprint density at radius 2 is 1.86 bits per heavy atom. The molecule has 37 heavy (non-hydrogen) atoms. The van der Waals surface area contributed by atoms with Crippen molar-refractivity contribution in [3.05, 3.63) is 87.8 Å². The maximum Gasteiger partial charge on any atom is 0.271 e. The third kappa shape index (κ3) is 6.20. The molecule has 9 nitrogen and oxygen atoms in total. The van der Waals surface area contributed by atoms with Gasteiger partial charge in [0.2, 0.25) is 10.0 Å². The highest BCUT2D eigenvalue weighted by atomic mass is 35.5. The third-order valence-electron chi connectivity index (χ3n) is 5.26. The van der Waals surface area contributed by atoms with E-state index in [0.717, 1.165) is 17.3 Å². The number of amidine groups is 1. The molecule has 0 unspecified atom stereocenters. The Labute approximate surface area is 222 Å². The van der Waals surface area contributed by atoms with Crippen molar-refractivity contribution in [1.29, 1.82) is 5.41 Å². The topological polar surface area (TPSA) is 143 Å². The molecule has 190 valence electrons. The van der Waals surface area contributed by atoms with Gasteiger partial charge in [-0.05, 0) is 78.9 Å². The van der Waals surface area contributed by atoms with E-state index in [4.69, 9.17) is 26.9 Å². The second-order valence-electron chi connectivity index (χ2n) is 7.93. The second-order valence-corrected chi connectivity index (χ2v) is 11.0. The lowest BCUT2D eigenvalue weighted by molar-refractivity contribution is -0.118. The van der Waals surface area contributed by atoms with Crippen molar-refractivity contribution in [1.82, 2.24) is 0 Å². The molecular weight excluding hydrogens is 536 g/mol. The summed E-state index contributed by atoms with van der Waals surface area (Å²) in [7, 11) is -3.84. The summed E-state index contributed by atoms with van der Waals surface area (Å²) in [4.78, 5) is 27.1. The fourth-order valence-corrected chi connectivity index (χ4v) is 5.03. The predicted molar refractivity (Wildman–Crippen MR) is 145 cm³/mol. The highest BCUT2D eigenvalue weighted by Gasteiger charge is 2.34. The SMILES string of the molecule is Cc1ccccc1N1C(=N)S/C(=C\c2cc(Cl)ccc2OCC(=O)Nc2ccc(S(N)(=O)=O)cc2)C1=O. The summed E-state index contributed by atoms with van der Waals surface area (Å²) in [6, 6.07) is 17.5. The standard InChI is InChI=1S/C25H21ClN4O5S2/c1-15-4-2-3-5-20(15)30-24(32)22(36-25(30)27)13-16-12-17(26)6-11-21(16)35-14-23(31)29-18-7-9-19(10-8-18)37(28,33)34/h2-13,27H,14H2,1H3,(H,29,31)(H2,28,33,34)/b22-13-,27-25?. The summed E-state index contributed by atoms with van der Waals surface area (Å²) in [5.74, 6) is -0.530. The molecule has 0 saturated carbocycles. The van der Waals surface area contributed by atoms with Crippen LogP contribution in [-0.2, 0) is 19.6 Å². The van der Waals surface area contributed by atoms with E-state index in [2.05, 4.69) is 5.32 Å². The predicted octanol–water partition coefficient (Wildman–Crippen LogP) is 4.37. The van der Waals surface area contributed by atoms with E-state index in [1.165, 1.54) is 29.2 Å². The third-order valence-corrected chi connectivity index (χ3v) is 7.32. The largest absolute Gasteiger partial charge is 0.483 e. The minimum Gasteiger partial charge on any atom is -0.483 e. The van der Waals surface area contributed by atoms with Gasteiger partial charge in [-0.25, -0.2) is 13.6 Å². The van der Waals surface area contributed by atoms with Gasteiger partial charge in [-0.1, -0.05) is 29.8 Å². The molecule has 1 aliphatic rings. The van der Waals surface area contributed by atoms with E-state index in [-0.39, 0.29) is 22.6 Å². The minimum atomic E-state index is -3.84. The molecule has 0 aromatic heterocycles. The number of hydrogen-bond donors (Lipinski definition) is 3. The highest BCUT2D eigenvalue weighted by Crippen LogP contribution is 2.38. The molecule has 0 bridgehead atoms. The molecule has 1 saturated heterocycles. The van der Waals surface area contributed by atoms with Gasteiger partial charge in [0.1, 0.15) is 5.75 Å². The lowest BCUT2D eigenvalue weighted by atomic mass is 10.1. The van der Waals surface area contributed by atoms with Gasteiger partial charge < -0.3 is 10.1 Å². The normalized spacial score (nSPS) is 14.8. The van der Waals surface area contributed by atoms with Crippen LogP contribution in [-0.4, -0.2) is 32.0 Å². The number of halogens is 1. The number of benzene rings is 3. The van der Waals surface area contributed by atoms with Crippen LogP contribution in [0.2, 0.25) is 5.02 Å². The zero-order chi connectivity index (χ0) is 26.7. The number of ether oxygens (including phenoxy) is 1. The average Bonchev–Trinajstić information content (AvgIpc) is 3.11. The number of nitrogens with one attached hydrogen (secondary N) is 2. The number of thioether (sulfide) groups is 1. The van der Waals surface area contributed by atoms with Crippen molar-refractivity contribution in [3.63, 3.8) is 0 Å². The summed E-state index contributed by atoms with van der Waals surface area (Å²) in [5.41, 5.74) is 2.32. The number of anilines is 2. The van der Waals surface area contributed by atoms with Gasteiger partial charge in [-0.2, -0.15) is 0 Å². The fourth-order valence-electron chi connectivity index (χ4n) is 3.49. The van der Waals surface area contributed by atoms with Crippen LogP contribution in [0.1, 0.15) is 11.1 Å². The summed E-state index contributed by atoms with van der Waals surface area (Å²) < 4.78 is 28.4. The number of rotatable bonds is 7. The van der Waals surface area contributed by atoms with E-state index < -0.39 is 15.9 Å². The first-order valence-corrected chi connectivity index (χ1v) is 13.5. The van der Waals surface area contributed by atoms with E-state index in [9.17, 15) is 18.0 Å². The zero-order valence-corrected chi connectivity index (χ0v) is 21.8. The Kier molecular flexibility index (Phi) is 7.69. The van der Waals surface area contributed by atoms with Crippen molar-refractivity contribution >= 4 is 67.8 Å². The molecule has 0 spiro atoms. The van der Waals surface area contributed by atoms with Crippen molar-refractivity contribution < 1.29 is 22.7 Å². The Hall–Kier alpha value is -3.64. The Morgan fingerprint density at radius 3 is 2.54 bits per heavy atom. The van der Waals surface area contributed by atoms with Crippen molar-refractivity contribution in [2.75, 3.05) is 16.8 Å². The van der Waals surface area contributed by atoms with E-state index in [0.29, 0.717) is 32.6 Å². The first-order chi connectivity index (χ1) is 17.5. The number of primary sulfonamides is 1. The molecule has 1 heterocycles. The summed E-state index contributed by atoms with van der Waals surface area (Å²) >= 11 is 7.18. The van der Waals surface area contributed by atoms with Crippen LogP contribution in [0.4, 0.5) is 11.4 Å². The minimum absolute atomic E-state index is 0.0721. The van der Waals surface area contributed by atoms with Gasteiger partial charge in [0.05, 0.1) is 15.5 Å². The number of hydrogen-bond acceptors (Lipinski definition) is 7. The molecule has 1 fully saturated rings. The summed E-state index contributed by atoms with van der Waals surface area (Å²) in [6.45, 7) is 1.51. The number of amides is 2. The Morgan fingerprint density at radius 1 is 1.16 bits per heavy atom. The van der Waals surface area contributed by atoms with Gasteiger partial charge in [-0.15, -0.1) is 0 Å². The second kappa shape index (κ2) is 10.8. The molecule has 0 atom stereocenters. The number of aryl methyl sites for hydroxylation is 1. The smallest absolute Gasteiger partial charge is 0.271 e. The van der Waals surface area contributed by atoms with Gasteiger partial charge in [0.15, 0.2) is 11.8 Å². The number of nitrogens with zero attached hydrogens (tertiary/aromatic N) is 1. The van der Waals surface area contributed by atoms with Crippen LogP contribution < -0.4 is 20.1 Å². The Balaban J connectivity index is 1.49. The van der Waals surface area contributed by atoms with Gasteiger partial charge in [-0.3, -0.25) is 19.9 Å². The molecule has 0 radical (unpaired) electrons. The quantitative estimate of drug-likeness (QED) is 0.369. The van der Waals surface area contributed by atoms with Crippen LogP contribution in [0.3, 0.4) is 0 Å². The van der Waals surface area contributed by atoms with Crippen molar-refractivity contribution in [3.8, 4) is 5.75 Å². The molecule has 12 heteroatoms. The van der Waals surface area contributed by atoms with Crippen LogP contribution in [0.15, 0.2) is 76.5 Å². The maximum atomic E-state index is 13.1. The van der Waals surface area contributed by atoms with Crippen LogP contribution in [0.25, 0.3) is 6.08 Å². The monoisotopic (exact) mass is 556 g/mol. The van der Waals surface area contributed by atoms with Crippen molar-refractivity contribution in [2.24, 2.45) is 5.14 Å². The number of carbonyl (C=O) groups is 2. The van der Waals surface area contributed by atoms with Gasteiger partial charge >= 0.3 is 0 Å². The number of para-hydroxylation sites is 1. The molecule has 4 rings (SSSR count). The molecule has 0 aliphatic carbocycles. The lowest BCUT2D eigenvalue weighted by Crippen LogP contribution is -2.28. The van der Waals surface area contributed by atoms with Crippen LogP contribution in [0.5, 0.6) is 5.75 Å². The van der Waals surface area contributed by atoms with Crippen molar-refractivity contribution in [2.45, 2.75) is 11.8 Å². The van der Waals surface area contributed by atoms with E-state index in [1.54, 1.807) is 36.4 Å². The molecule has 2 amide bonds. The Bertz CT molecular complexity index is 1540. The first-order valence-electron chi connectivity index (χ1n) is 10.8. The maximum absolute atomic E-state index is 13.1. The molecule has 4 N–H and O–H groups in total. The first kappa shape index (κ1) is 26.4. The number of sulfonamides is 1. The number of carbonyl (C=O) groups excluding carboxylic acids is 2. The van der Waals surface area contributed by atoms with Gasteiger partial charge in [0.25, 0.3) is 11.8 Å². The van der Waals surface area contributed by atoms with Crippen LogP contribution >= 0.6 is 23.4 Å². The number of nitrogens with two attached hydrogens (primary N) is 1. The molecule has 3 aromatic rings. The summed E-state index contributed by atoms with van der Waals surface area (Å²) in [5, 5.41) is 16.5. The fraction of sp³-hybridized carbons (Fsp3) is 0.0800. The zero-order valence-electron chi connectivity index (χ0n) is 19.4. The lowest BCUT2D eigenvalue weighted by Gasteiger charge is -2.16. The highest BCUT2D eigenvalue weighted by molar-refractivity contribution is 8.19. The van der Waals surface area contributed by atoms with E-state index >= 15 is 0 Å². The van der Waals surface area contributed by atoms with E-state index in [1.807, 2.05) is 19.1 Å².